The van der Waals surface area contributed by atoms with Crippen molar-refractivity contribution in [3.05, 3.63) is 42.5 Å². The van der Waals surface area contributed by atoms with Crippen LogP contribution in [0, 0.1) is 17.8 Å². The molecule has 0 aliphatic rings. The van der Waals surface area contributed by atoms with Crippen molar-refractivity contribution in [3.8, 4) is 5.75 Å². The fraction of sp³-hybridized carbons (Fsp3) is 0.556. The van der Waals surface area contributed by atoms with Gasteiger partial charge in [-0.05, 0) is 62.4 Å². The van der Waals surface area contributed by atoms with E-state index in [1.807, 2.05) is 91.8 Å². The number of carbonyl (C=O) groups is 2. The van der Waals surface area contributed by atoms with Gasteiger partial charge in [0.15, 0.2) is 0 Å². The number of esters is 2. The Kier molecular flexibility index (Phi) is 8.71. The van der Waals surface area contributed by atoms with Crippen LogP contribution in [0.25, 0.3) is 10.8 Å². The summed E-state index contributed by atoms with van der Waals surface area (Å²) in [7, 11) is 0. The number of rotatable bonds is 9. The number of carbonyl (C=O) groups excluding carboxylic acids is 2. The van der Waals surface area contributed by atoms with Gasteiger partial charge in [-0.3, -0.25) is 9.59 Å². The highest BCUT2D eigenvalue weighted by molar-refractivity contribution is 5.83. The summed E-state index contributed by atoms with van der Waals surface area (Å²) in [5, 5.41) is 2.23. The molecule has 5 nitrogen and oxygen atoms in total. The van der Waals surface area contributed by atoms with Crippen LogP contribution in [0.1, 0.15) is 61.8 Å². The Balaban J connectivity index is 2.09. The first kappa shape index (κ1) is 25.7. The Labute approximate surface area is 192 Å². The van der Waals surface area contributed by atoms with Gasteiger partial charge in [0.2, 0.25) is 0 Å². The lowest BCUT2D eigenvalue weighted by Crippen LogP contribution is -2.40. The van der Waals surface area contributed by atoms with Gasteiger partial charge in [0.05, 0.1) is 12.3 Å². The molecule has 0 radical (unpaired) electrons. The molecule has 2 aromatic rings. The van der Waals surface area contributed by atoms with E-state index in [-0.39, 0.29) is 24.4 Å². The molecule has 3 atom stereocenters. The second kappa shape index (κ2) is 10.8. The monoisotopic (exact) mass is 442 g/mol. The third-order valence-electron chi connectivity index (χ3n) is 5.33. The zero-order valence-electron chi connectivity index (χ0n) is 20.7. The predicted octanol–water partition coefficient (Wildman–Crippen LogP) is 6.18. The lowest BCUT2D eigenvalue weighted by atomic mass is 9.92. The lowest BCUT2D eigenvalue weighted by Gasteiger charge is -2.30. The molecule has 32 heavy (non-hydrogen) atoms. The van der Waals surface area contributed by atoms with E-state index in [1.54, 1.807) is 0 Å². The smallest absolute Gasteiger partial charge is 0.310 e. The highest BCUT2D eigenvalue weighted by Crippen LogP contribution is 2.26. The van der Waals surface area contributed by atoms with E-state index in [0.717, 1.165) is 16.5 Å². The second-order valence-corrected chi connectivity index (χ2v) is 10.1. The Bertz CT molecular complexity index is 910. The molecule has 0 aliphatic heterocycles. The van der Waals surface area contributed by atoms with Crippen LogP contribution in [-0.2, 0) is 19.1 Å². The minimum absolute atomic E-state index is 0.00162. The first-order valence-electron chi connectivity index (χ1n) is 11.4. The highest BCUT2D eigenvalue weighted by Gasteiger charge is 2.33. The Morgan fingerprint density at radius 1 is 0.875 bits per heavy atom. The van der Waals surface area contributed by atoms with Crippen LogP contribution in [0.2, 0.25) is 0 Å². The number of ether oxygens (including phenoxy) is 3. The minimum atomic E-state index is -0.591. The van der Waals surface area contributed by atoms with E-state index < -0.39 is 29.6 Å². The van der Waals surface area contributed by atoms with Crippen molar-refractivity contribution in [1.29, 1.82) is 0 Å². The quantitative estimate of drug-likeness (QED) is 0.434. The minimum Gasteiger partial charge on any atom is -0.486 e. The van der Waals surface area contributed by atoms with Gasteiger partial charge in [-0.2, -0.15) is 0 Å². The number of benzene rings is 2. The van der Waals surface area contributed by atoms with Crippen molar-refractivity contribution in [2.45, 2.75) is 79.6 Å². The van der Waals surface area contributed by atoms with Crippen molar-refractivity contribution < 1.29 is 23.8 Å². The molecule has 2 rings (SSSR count). The Hall–Kier alpha value is -2.56. The number of fused-ring (bicyclic) bond motifs is 1. The van der Waals surface area contributed by atoms with Crippen LogP contribution in [0.15, 0.2) is 42.5 Å². The van der Waals surface area contributed by atoms with Crippen LogP contribution < -0.4 is 4.74 Å². The van der Waals surface area contributed by atoms with Gasteiger partial charge >= 0.3 is 11.9 Å². The fourth-order valence-corrected chi connectivity index (χ4v) is 3.66. The summed E-state index contributed by atoms with van der Waals surface area (Å²) in [5.41, 5.74) is -0.591. The number of hydrogen-bond donors (Lipinski definition) is 0. The summed E-state index contributed by atoms with van der Waals surface area (Å²) in [6.45, 7) is 15.2. The molecular weight excluding hydrogens is 404 g/mol. The molecule has 5 heteroatoms. The molecule has 0 aliphatic carbocycles. The van der Waals surface area contributed by atoms with Gasteiger partial charge < -0.3 is 14.2 Å². The lowest BCUT2D eigenvalue weighted by molar-refractivity contribution is -0.168. The second-order valence-electron chi connectivity index (χ2n) is 10.1. The maximum atomic E-state index is 13.0. The summed E-state index contributed by atoms with van der Waals surface area (Å²) in [6, 6.07) is 14.1. The molecule has 0 saturated carbocycles. The third kappa shape index (κ3) is 7.54. The van der Waals surface area contributed by atoms with Crippen LogP contribution >= 0.6 is 0 Å². The van der Waals surface area contributed by atoms with E-state index in [9.17, 15) is 9.59 Å². The number of hydrogen-bond acceptors (Lipinski definition) is 5. The van der Waals surface area contributed by atoms with Gasteiger partial charge in [0.25, 0.3) is 0 Å². The summed E-state index contributed by atoms with van der Waals surface area (Å²) < 4.78 is 17.5. The predicted molar refractivity (Wildman–Crippen MR) is 128 cm³/mol. The maximum absolute atomic E-state index is 13.0. The maximum Gasteiger partial charge on any atom is 0.310 e. The van der Waals surface area contributed by atoms with Crippen LogP contribution in [0.3, 0.4) is 0 Å². The van der Waals surface area contributed by atoms with Gasteiger partial charge in [0, 0.05) is 0 Å². The molecule has 0 aromatic heterocycles. The third-order valence-corrected chi connectivity index (χ3v) is 5.33. The van der Waals surface area contributed by atoms with Crippen molar-refractivity contribution in [3.63, 3.8) is 0 Å². The molecule has 0 amide bonds. The van der Waals surface area contributed by atoms with Crippen molar-refractivity contribution in [1.82, 2.24) is 0 Å². The van der Waals surface area contributed by atoms with Gasteiger partial charge in [0.1, 0.15) is 23.6 Å². The van der Waals surface area contributed by atoms with E-state index in [0.29, 0.717) is 0 Å². The molecule has 0 N–H and O–H groups in total. The van der Waals surface area contributed by atoms with Crippen LogP contribution in [-0.4, -0.2) is 29.7 Å². The standard InChI is InChI=1S/C27H38O5/c1-17(2)23(16-24(28)32-27(6,7)8)26(29)30-19(5)25(18(3)4)31-22-14-13-20-11-9-10-12-21(20)15-22/h9-15,17-19,23,25H,16H2,1-8H3/t19-,23-,25+/m0/s1. The molecule has 0 saturated heterocycles. The average Bonchev–Trinajstić information content (AvgIpc) is 2.68. The molecule has 0 spiro atoms. The van der Waals surface area contributed by atoms with Gasteiger partial charge in [-0.25, -0.2) is 0 Å². The molecule has 0 bridgehead atoms. The van der Waals surface area contributed by atoms with E-state index in [2.05, 4.69) is 6.07 Å². The largest absolute Gasteiger partial charge is 0.486 e. The highest BCUT2D eigenvalue weighted by atomic mass is 16.6. The molecule has 176 valence electrons. The molecular formula is C27H38O5. The Morgan fingerprint density at radius 2 is 1.50 bits per heavy atom. The first-order valence-corrected chi connectivity index (χ1v) is 11.4. The van der Waals surface area contributed by atoms with Gasteiger partial charge in [-0.15, -0.1) is 0 Å². The summed E-state index contributed by atoms with van der Waals surface area (Å²) in [4.78, 5) is 25.3. The zero-order chi connectivity index (χ0) is 24.1. The fourth-order valence-electron chi connectivity index (χ4n) is 3.66. The molecule has 0 fully saturated rings. The van der Waals surface area contributed by atoms with E-state index >= 15 is 0 Å². The summed E-state index contributed by atoms with van der Waals surface area (Å²) in [5.74, 6) is -0.561. The Morgan fingerprint density at radius 3 is 2.06 bits per heavy atom. The average molecular weight is 443 g/mol. The molecule has 2 aromatic carbocycles. The van der Waals surface area contributed by atoms with Crippen molar-refractivity contribution in [2.75, 3.05) is 0 Å². The first-order chi connectivity index (χ1) is 14.9. The van der Waals surface area contributed by atoms with E-state index in [4.69, 9.17) is 14.2 Å². The zero-order valence-corrected chi connectivity index (χ0v) is 20.7. The normalized spacial score (nSPS) is 14.8. The SMILES string of the molecule is CC(C)[C@H](CC(=O)OC(C)(C)C)C(=O)O[C@@H](C)[C@H](Oc1ccc2ccccc2c1)C(C)C. The topological polar surface area (TPSA) is 61.8 Å². The molecule has 0 unspecified atom stereocenters. The van der Waals surface area contributed by atoms with Crippen molar-refractivity contribution in [2.24, 2.45) is 17.8 Å². The molecule has 0 heterocycles. The summed E-state index contributed by atoms with van der Waals surface area (Å²) >= 11 is 0. The van der Waals surface area contributed by atoms with Crippen LogP contribution in [0.4, 0.5) is 0 Å². The summed E-state index contributed by atoms with van der Waals surface area (Å²) in [6.07, 6.45) is -0.804. The van der Waals surface area contributed by atoms with Crippen molar-refractivity contribution >= 4 is 22.7 Å². The van der Waals surface area contributed by atoms with E-state index in [1.165, 1.54) is 0 Å². The van der Waals surface area contributed by atoms with Crippen LogP contribution in [0.5, 0.6) is 5.75 Å². The van der Waals surface area contributed by atoms with Gasteiger partial charge in [-0.1, -0.05) is 58.0 Å².